The summed E-state index contributed by atoms with van der Waals surface area (Å²) in [4.78, 5) is 17.1. The van der Waals surface area contributed by atoms with E-state index in [0.29, 0.717) is 11.3 Å². The SMILES string of the molecule is O=C(Nc1ccc(Cc2nc3ccccc3s2)cc1)c1cc2ccccc2o1. The summed E-state index contributed by atoms with van der Waals surface area (Å²) in [6.45, 7) is 0. The molecule has 3 aromatic carbocycles. The Kier molecular flexibility index (Phi) is 4.14. The molecule has 5 aromatic rings. The molecule has 28 heavy (non-hydrogen) atoms. The molecule has 0 aliphatic rings. The van der Waals surface area contributed by atoms with Crippen LogP contribution >= 0.6 is 11.3 Å². The highest BCUT2D eigenvalue weighted by molar-refractivity contribution is 7.18. The van der Waals surface area contributed by atoms with Crippen molar-refractivity contribution in [2.45, 2.75) is 6.42 Å². The molecule has 136 valence electrons. The highest BCUT2D eigenvalue weighted by Crippen LogP contribution is 2.24. The van der Waals surface area contributed by atoms with Gasteiger partial charge in [-0.25, -0.2) is 4.98 Å². The van der Waals surface area contributed by atoms with E-state index in [9.17, 15) is 4.79 Å². The first-order valence-electron chi connectivity index (χ1n) is 8.98. The zero-order valence-corrected chi connectivity index (χ0v) is 15.7. The first-order valence-corrected chi connectivity index (χ1v) is 9.79. The molecule has 5 heteroatoms. The molecule has 5 rings (SSSR count). The Labute approximate surface area is 165 Å². The predicted octanol–water partition coefficient (Wildman–Crippen LogP) is 5.89. The summed E-state index contributed by atoms with van der Waals surface area (Å²) in [7, 11) is 0. The van der Waals surface area contributed by atoms with Crippen LogP contribution < -0.4 is 5.32 Å². The van der Waals surface area contributed by atoms with Crippen LogP contribution in [0.5, 0.6) is 0 Å². The molecule has 0 unspecified atom stereocenters. The number of furan rings is 1. The number of carbonyl (C=O) groups is 1. The van der Waals surface area contributed by atoms with Gasteiger partial charge in [-0.05, 0) is 42.0 Å². The summed E-state index contributed by atoms with van der Waals surface area (Å²) in [6, 6.07) is 25.3. The summed E-state index contributed by atoms with van der Waals surface area (Å²) < 4.78 is 6.82. The number of fused-ring (bicyclic) bond motifs is 2. The third-order valence-corrected chi connectivity index (χ3v) is 5.59. The summed E-state index contributed by atoms with van der Waals surface area (Å²) >= 11 is 1.71. The standard InChI is InChI=1S/C23H16N2O2S/c26-23(20-14-16-5-1-3-7-19(16)27-20)24-17-11-9-15(10-12-17)13-22-25-18-6-2-4-8-21(18)28-22/h1-12,14H,13H2,(H,24,26). The molecule has 0 atom stereocenters. The fraction of sp³-hybridized carbons (Fsp3) is 0.0435. The van der Waals surface area contributed by atoms with Gasteiger partial charge in [0.2, 0.25) is 0 Å². The third kappa shape index (κ3) is 3.28. The van der Waals surface area contributed by atoms with Gasteiger partial charge in [0.25, 0.3) is 5.91 Å². The number of para-hydroxylation sites is 2. The monoisotopic (exact) mass is 384 g/mol. The van der Waals surface area contributed by atoms with Gasteiger partial charge >= 0.3 is 0 Å². The zero-order chi connectivity index (χ0) is 18.9. The molecule has 0 bridgehead atoms. The number of benzene rings is 3. The average Bonchev–Trinajstić information content (AvgIpc) is 3.33. The predicted molar refractivity (Wildman–Crippen MR) is 113 cm³/mol. The van der Waals surface area contributed by atoms with Crippen molar-refractivity contribution in [3.05, 3.63) is 95.2 Å². The fourth-order valence-corrected chi connectivity index (χ4v) is 4.16. The van der Waals surface area contributed by atoms with Crippen LogP contribution in [-0.2, 0) is 6.42 Å². The Morgan fingerprint density at radius 1 is 0.964 bits per heavy atom. The Balaban J connectivity index is 1.29. The van der Waals surface area contributed by atoms with Crippen molar-refractivity contribution in [2.75, 3.05) is 5.32 Å². The van der Waals surface area contributed by atoms with Gasteiger partial charge in [0, 0.05) is 17.5 Å². The lowest BCUT2D eigenvalue weighted by molar-refractivity contribution is 0.0998. The van der Waals surface area contributed by atoms with Gasteiger partial charge in [0.1, 0.15) is 5.58 Å². The minimum absolute atomic E-state index is 0.255. The molecule has 0 saturated heterocycles. The molecule has 4 nitrogen and oxygen atoms in total. The Bertz CT molecular complexity index is 1220. The Morgan fingerprint density at radius 3 is 2.57 bits per heavy atom. The maximum absolute atomic E-state index is 12.4. The lowest BCUT2D eigenvalue weighted by Gasteiger charge is -2.04. The quantitative estimate of drug-likeness (QED) is 0.421. The van der Waals surface area contributed by atoms with Crippen LogP contribution in [0.4, 0.5) is 5.69 Å². The molecule has 2 aromatic heterocycles. The van der Waals surface area contributed by atoms with Gasteiger partial charge in [-0.1, -0.05) is 42.5 Å². The average molecular weight is 384 g/mol. The van der Waals surface area contributed by atoms with Crippen molar-refractivity contribution in [1.82, 2.24) is 4.98 Å². The second-order valence-corrected chi connectivity index (χ2v) is 7.67. The van der Waals surface area contributed by atoms with Crippen molar-refractivity contribution in [3.63, 3.8) is 0 Å². The molecular formula is C23H16N2O2S. The topological polar surface area (TPSA) is 55.1 Å². The number of amides is 1. The molecule has 0 aliphatic heterocycles. The van der Waals surface area contributed by atoms with Crippen LogP contribution in [-0.4, -0.2) is 10.9 Å². The number of hydrogen-bond acceptors (Lipinski definition) is 4. The number of anilines is 1. The number of thiazole rings is 1. The second kappa shape index (κ2) is 6.94. The number of nitrogens with one attached hydrogen (secondary N) is 1. The highest BCUT2D eigenvalue weighted by Gasteiger charge is 2.12. The minimum Gasteiger partial charge on any atom is -0.451 e. The molecule has 2 heterocycles. The smallest absolute Gasteiger partial charge is 0.291 e. The van der Waals surface area contributed by atoms with Gasteiger partial charge in [0.15, 0.2) is 5.76 Å². The molecule has 0 radical (unpaired) electrons. The molecule has 0 spiro atoms. The van der Waals surface area contributed by atoms with Gasteiger partial charge in [-0.15, -0.1) is 11.3 Å². The summed E-state index contributed by atoms with van der Waals surface area (Å²) in [5.41, 5.74) is 3.63. The first kappa shape index (κ1) is 16.7. The van der Waals surface area contributed by atoms with Crippen molar-refractivity contribution < 1.29 is 9.21 Å². The van der Waals surface area contributed by atoms with E-state index in [4.69, 9.17) is 4.42 Å². The van der Waals surface area contributed by atoms with E-state index in [1.165, 1.54) is 4.70 Å². The van der Waals surface area contributed by atoms with Crippen LogP contribution in [0.1, 0.15) is 21.1 Å². The number of aromatic nitrogens is 1. The van der Waals surface area contributed by atoms with Crippen molar-refractivity contribution in [1.29, 1.82) is 0 Å². The maximum atomic E-state index is 12.4. The lowest BCUT2D eigenvalue weighted by Crippen LogP contribution is -2.10. The summed E-state index contributed by atoms with van der Waals surface area (Å²) in [5, 5.41) is 4.89. The molecule has 0 fully saturated rings. The van der Waals surface area contributed by atoms with E-state index >= 15 is 0 Å². The Morgan fingerprint density at radius 2 is 1.75 bits per heavy atom. The zero-order valence-electron chi connectivity index (χ0n) is 14.9. The van der Waals surface area contributed by atoms with Crippen molar-refractivity contribution in [3.8, 4) is 0 Å². The summed E-state index contributed by atoms with van der Waals surface area (Å²) in [6.07, 6.45) is 0.775. The Hall–Kier alpha value is -3.44. The minimum atomic E-state index is -0.255. The van der Waals surface area contributed by atoms with E-state index in [1.807, 2.05) is 66.7 Å². The number of nitrogens with zero attached hydrogens (tertiary/aromatic N) is 1. The molecule has 0 saturated carbocycles. The number of carbonyl (C=O) groups excluding carboxylic acids is 1. The van der Waals surface area contributed by atoms with E-state index in [-0.39, 0.29) is 5.91 Å². The van der Waals surface area contributed by atoms with Crippen LogP contribution in [0.15, 0.2) is 83.3 Å². The van der Waals surface area contributed by atoms with E-state index in [2.05, 4.69) is 16.4 Å². The normalized spacial score (nSPS) is 11.1. The van der Waals surface area contributed by atoms with Crippen LogP contribution in [0.3, 0.4) is 0 Å². The van der Waals surface area contributed by atoms with Crippen LogP contribution in [0.2, 0.25) is 0 Å². The third-order valence-electron chi connectivity index (χ3n) is 4.55. The van der Waals surface area contributed by atoms with Gasteiger partial charge < -0.3 is 9.73 Å². The highest BCUT2D eigenvalue weighted by atomic mass is 32.1. The van der Waals surface area contributed by atoms with Gasteiger partial charge in [-0.2, -0.15) is 0 Å². The molecule has 0 aliphatic carbocycles. The largest absolute Gasteiger partial charge is 0.451 e. The van der Waals surface area contributed by atoms with Crippen molar-refractivity contribution >= 4 is 44.1 Å². The number of hydrogen-bond donors (Lipinski definition) is 1. The molecule has 1 N–H and O–H groups in total. The second-order valence-electron chi connectivity index (χ2n) is 6.55. The fourth-order valence-electron chi connectivity index (χ4n) is 3.16. The van der Waals surface area contributed by atoms with Gasteiger partial charge in [0.05, 0.1) is 15.2 Å². The lowest BCUT2D eigenvalue weighted by atomic mass is 10.1. The molecule has 1 amide bonds. The van der Waals surface area contributed by atoms with E-state index in [1.54, 1.807) is 17.4 Å². The first-order chi connectivity index (χ1) is 13.7. The summed E-state index contributed by atoms with van der Waals surface area (Å²) in [5.74, 6) is 0.0508. The van der Waals surface area contributed by atoms with Crippen LogP contribution in [0, 0.1) is 0 Å². The van der Waals surface area contributed by atoms with Crippen molar-refractivity contribution in [2.24, 2.45) is 0 Å². The van der Waals surface area contributed by atoms with Crippen LogP contribution in [0.25, 0.3) is 21.2 Å². The number of rotatable bonds is 4. The van der Waals surface area contributed by atoms with E-state index in [0.717, 1.165) is 33.6 Å². The van der Waals surface area contributed by atoms with Gasteiger partial charge in [-0.3, -0.25) is 4.79 Å². The maximum Gasteiger partial charge on any atom is 0.291 e. The van der Waals surface area contributed by atoms with E-state index < -0.39 is 0 Å². The molecular weight excluding hydrogens is 368 g/mol.